The molecule has 0 aliphatic carbocycles. The quantitative estimate of drug-likeness (QED) is 0.200. The Morgan fingerprint density at radius 3 is 2.54 bits per heavy atom. The van der Waals surface area contributed by atoms with Crippen molar-refractivity contribution in [3.63, 3.8) is 0 Å². The van der Waals surface area contributed by atoms with Gasteiger partial charge < -0.3 is 14.8 Å². The molecule has 1 aliphatic rings. The lowest BCUT2D eigenvalue weighted by Crippen LogP contribution is -2.31. The first-order chi connectivity index (χ1) is 22.0. The third-order valence-corrected chi connectivity index (χ3v) is 7.58. The Balaban J connectivity index is 1.22. The molecule has 10 nitrogen and oxygen atoms in total. The molecule has 2 heterocycles. The average molecular weight is 651 g/mol. The van der Waals surface area contributed by atoms with Crippen molar-refractivity contribution in [3.05, 3.63) is 90.0 Å². The maximum Gasteiger partial charge on any atom is 0.573 e. The number of carbonyl (C=O) groups excluding carboxylic acids is 2. The summed E-state index contributed by atoms with van der Waals surface area (Å²) in [4.78, 5) is 35.5. The smallest absolute Gasteiger partial charge is 0.489 e. The van der Waals surface area contributed by atoms with Crippen LogP contribution < -0.4 is 19.7 Å². The highest BCUT2D eigenvalue weighted by molar-refractivity contribution is 8.15. The van der Waals surface area contributed by atoms with Crippen LogP contribution in [0, 0.1) is 6.92 Å². The molecule has 3 amide bonds. The summed E-state index contributed by atoms with van der Waals surface area (Å²) in [5, 5.41) is 7.31. The second-order valence-corrected chi connectivity index (χ2v) is 11.1. The molecule has 1 unspecified atom stereocenters. The molecule has 1 fully saturated rings. The van der Waals surface area contributed by atoms with E-state index in [1.807, 2.05) is 39.0 Å². The number of halogens is 3. The van der Waals surface area contributed by atoms with E-state index in [4.69, 9.17) is 4.74 Å². The summed E-state index contributed by atoms with van der Waals surface area (Å²) in [6.07, 6.45) is 0.849. The van der Waals surface area contributed by atoms with Gasteiger partial charge in [0.25, 0.3) is 0 Å². The number of aliphatic imine (C=N–C) groups is 1. The van der Waals surface area contributed by atoms with Crippen LogP contribution in [0.3, 0.4) is 0 Å². The summed E-state index contributed by atoms with van der Waals surface area (Å²) in [5.74, 6) is 0.549. The van der Waals surface area contributed by atoms with Gasteiger partial charge in [-0.2, -0.15) is 4.99 Å². The van der Waals surface area contributed by atoms with Gasteiger partial charge in [0.15, 0.2) is 11.0 Å². The third-order valence-electron chi connectivity index (χ3n) is 6.65. The van der Waals surface area contributed by atoms with E-state index in [1.54, 1.807) is 36.4 Å². The maximum atomic E-state index is 12.9. The maximum absolute atomic E-state index is 12.9. The fourth-order valence-corrected chi connectivity index (χ4v) is 5.11. The van der Waals surface area contributed by atoms with E-state index in [1.165, 1.54) is 51.9 Å². The van der Waals surface area contributed by atoms with Gasteiger partial charge in [0.05, 0.1) is 23.2 Å². The summed E-state index contributed by atoms with van der Waals surface area (Å²) in [6.45, 7) is 5.87. The number of anilines is 2. The SMILES string of the molecule is CCC(C)Oc1ccc(C)cc1N1C(=O)CS/C1=N\C(=O)Nc1ccc(/C=C/c2ncn(-c3ccc(OC(F)(F)F)cc3)n2)cc1. The summed E-state index contributed by atoms with van der Waals surface area (Å²) in [6, 6.07) is 17.2. The predicted molar refractivity (Wildman–Crippen MR) is 171 cm³/mol. The summed E-state index contributed by atoms with van der Waals surface area (Å²) >= 11 is 1.18. The number of amidine groups is 1. The van der Waals surface area contributed by atoms with E-state index in [0.717, 1.165) is 17.5 Å². The van der Waals surface area contributed by atoms with Crippen molar-refractivity contribution in [2.24, 2.45) is 4.99 Å². The van der Waals surface area contributed by atoms with E-state index in [2.05, 4.69) is 25.1 Å². The molecule has 1 aliphatic heterocycles. The largest absolute Gasteiger partial charge is 0.573 e. The summed E-state index contributed by atoms with van der Waals surface area (Å²) < 4.78 is 48.5. The minimum Gasteiger partial charge on any atom is -0.489 e. The van der Waals surface area contributed by atoms with Crippen molar-refractivity contribution in [2.45, 2.75) is 39.7 Å². The molecule has 238 valence electrons. The van der Waals surface area contributed by atoms with E-state index in [-0.39, 0.29) is 28.7 Å². The minimum absolute atomic E-state index is 0.0573. The third kappa shape index (κ3) is 8.33. The van der Waals surface area contributed by atoms with E-state index in [9.17, 15) is 22.8 Å². The van der Waals surface area contributed by atoms with Gasteiger partial charge in [-0.25, -0.2) is 14.5 Å². The molecule has 1 atom stereocenters. The van der Waals surface area contributed by atoms with Crippen LogP contribution in [0.4, 0.5) is 29.3 Å². The molecule has 4 aromatic rings. The zero-order chi connectivity index (χ0) is 32.8. The lowest BCUT2D eigenvalue weighted by atomic mass is 10.2. The van der Waals surface area contributed by atoms with E-state index >= 15 is 0 Å². The number of carbonyl (C=O) groups is 2. The van der Waals surface area contributed by atoms with Crippen LogP contribution in [-0.4, -0.2) is 50.1 Å². The molecule has 0 saturated carbocycles. The lowest BCUT2D eigenvalue weighted by molar-refractivity contribution is -0.274. The Morgan fingerprint density at radius 2 is 1.85 bits per heavy atom. The van der Waals surface area contributed by atoms with Crippen molar-refractivity contribution in [3.8, 4) is 17.2 Å². The molecule has 0 spiro atoms. The Labute approximate surface area is 266 Å². The molecule has 3 aromatic carbocycles. The monoisotopic (exact) mass is 650 g/mol. The van der Waals surface area contributed by atoms with Crippen LogP contribution in [0.15, 0.2) is 78.0 Å². The van der Waals surface area contributed by atoms with Gasteiger partial charge in [-0.05, 0) is 86.0 Å². The van der Waals surface area contributed by atoms with Crippen LogP contribution in [-0.2, 0) is 4.79 Å². The second-order valence-electron chi connectivity index (χ2n) is 10.2. The first-order valence-corrected chi connectivity index (χ1v) is 15.1. The normalized spacial score (nSPS) is 15.0. The number of aromatic nitrogens is 3. The van der Waals surface area contributed by atoms with E-state index in [0.29, 0.717) is 28.6 Å². The van der Waals surface area contributed by atoms with Crippen molar-refractivity contribution < 1.29 is 32.2 Å². The van der Waals surface area contributed by atoms with E-state index < -0.39 is 12.4 Å². The van der Waals surface area contributed by atoms with Gasteiger partial charge in [0.2, 0.25) is 5.91 Å². The Kier molecular flexibility index (Phi) is 9.75. The van der Waals surface area contributed by atoms with Gasteiger partial charge >= 0.3 is 12.4 Å². The van der Waals surface area contributed by atoms with Crippen LogP contribution in [0.2, 0.25) is 0 Å². The molecule has 46 heavy (non-hydrogen) atoms. The number of ether oxygens (including phenoxy) is 2. The number of amides is 3. The molecule has 0 bridgehead atoms. The van der Waals surface area contributed by atoms with Gasteiger partial charge in [-0.15, -0.1) is 18.3 Å². The first-order valence-electron chi connectivity index (χ1n) is 14.2. The summed E-state index contributed by atoms with van der Waals surface area (Å²) in [5.41, 5.74) is 3.29. The zero-order valence-electron chi connectivity index (χ0n) is 25.0. The van der Waals surface area contributed by atoms with Crippen LogP contribution in [0.25, 0.3) is 17.8 Å². The van der Waals surface area contributed by atoms with Crippen molar-refractivity contribution in [1.29, 1.82) is 0 Å². The van der Waals surface area contributed by atoms with Gasteiger partial charge in [-0.3, -0.25) is 9.69 Å². The Morgan fingerprint density at radius 1 is 1.11 bits per heavy atom. The molecule has 1 N–H and O–H groups in total. The topological polar surface area (TPSA) is 111 Å². The number of hydrogen-bond acceptors (Lipinski definition) is 7. The number of rotatable bonds is 9. The molecular weight excluding hydrogens is 621 g/mol. The summed E-state index contributed by atoms with van der Waals surface area (Å²) in [7, 11) is 0. The zero-order valence-corrected chi connectivity index (χ0v) is 25.8. The average Bonchev–Trinajstić information content (AvgIpc) is 3.63. The van der Waals surface area contributed by atoms with Gasteiger partial charge in [0.1, 0.15) is 17.8 Å². The number of nitrogens with zero attached hydrogens (tertiary/aromatic N) is 5. The highest BCUT2D eigenvalue weighted by atomic mass is 32.2. The lowest BCUT2D eigenvalue weighted by Gasteiger charge is -2.22. The van der Waals surface area contributed by atoms with Crippen LogP contribution in [0.1, 0.15) is 37.2 Å². The number of hydrogen-bond donors (Lipinski definition) is 1. The molecule has 1 saturated heterocycles. The highest BCUT2D eigenvalue weighted by Crippen LogP contribution is 2.36. The van der Waals surface area contributed by atoms with Crippen molar-refractivity contribution in [1.82, 2.24) is 14.8 Å². The number of nitrogens with one attached hydrogen (secondary N) is 1. The Hall–Kier alpha value is -5.11. The molecule has 5 rings (SSSR count). The Bertz CT molecular complexity index is 1770. The number of thioether (sulfide) groups is 1. The molecule has 1 aromatic heterocycles. The first kappa shape index (κ1) is 32.3. The number of alkyl halides is 3. The van der Waals surface area contributed by atoms with Gasteiger partial charge in [0, 0.05) is 5.69 Å². The number of aryl methyl sites for hydroxylation is 1. The predicted octanol–water partition coefficient (Wildman–Crippen LogP) is 7.49. The van der Waals surface area contributed by atoms with Crippen LogP contribution in [0.5, 0.6) is 11.5 Å². The molecule has 0 radical (unpaired) electrons. The fraction of sp³-hybridized carbons (Fsp3) is 0.219. The second kappa shape index (κ2) is 13.9. The molecular formula is C32H29F3N6O4S. The highest BCUT2D eigenvalue weighted by Gasteiger charge is 2.33. The van der Waals surface area contributed by atoms with Crippen molar-refractivity contribution >= 4 is 52.4 Å². The standard InChI is InChI=1S/C32H29F3N6O4S/c1-4-21(3)44-27-15-5-20(2)17-26(27)41-29(42)18-46-31(41)38-30(43)37-23-9-6-22(7-10-23)8-16-28-36-19-40(39-28)24-11-13-25(14-12-24)45-32(33,34)35/h5-17,19,21H,4,18H2,1-3H3,(H,37,43)/b16-8+,38-31-. The van der Waals surface area contributed by atoms with Gasteiger partial charge in [-0.1, -0.05) is 43.0 Å². The van der Waals surface area contributed by atoms with Crippen molar-refractivity contribution in [2.75, 3.05) is 16.0 Å². The number of benzene rings is 3. The van der Waals surface area contributed by atoms with Crippen LogP contribution >= 0.6 is 11.8 Å². The number of urea groups is 1. The minimum atomic E-state index is -4.77. The fourth-order valence-electron chi connectivity index (χ4n) is 4.25. The molecule has 14 heteroatoms.